The number of likely N-dealkylation sites (tertiary alicyclic amines) is 1. The minimum atomic E-state index is -0.219. The number of methoxy groups -OCH3 is 1. The number of hydrogen-bond donors (Lipinski definition) is 0. The molecular weight excluding hydrogens is 190 g/mol. The number of esters is 1. The van der Waals surface area contributed by atoms with E-state index in [1.807, 2.05) is 0 Å². The molecule has 86 valence electrons. The van der Waals surface area contributed by atoms with Crippen LogP contribution in [0.1, 0.15) is 33.1 Å². The second-order valence-corrected chi connectivity index (χ2v) is 4.31. The number of ether oxygens (including phenoxy) is 1. The van der Waals surface area contributed by atoms with Gasteiger partial charge in [0.25, 0.3) is 0 Å². The molecule has 0 aliphatic carbocycles. The Morgan fingerprint density at radius 2 is 2.13 bits per heavy atom. The van der Waals surface area contributed by atoms with Gasteiger partial charge in [0.2, 0.25) is 0 Å². The van der Waals surface area contributed by atoms with E-state index < -0.39 is 0 Å². The molecule has 1 aliphatic rings. The van der Waals surface area contributed by atoms with Crippen molar-refractivity contribution < 1.29 is 9.53 Å². The molecule has 0 N–H and O–H groups in total. The van der Waals surface area contributed by atoms with Crippen LogP contribution in [0.15, 0.2) is 11.6 Å². The minimum absolute atomic E-state index is 0.219. The van der Waals surface area contributed by atoms with Gasteiger partial charge < -0.3 is 9.64 Å². The van der Waals surface area contributed by atoms with E-state index in [0.717, 1.165) is 32.4 Å². The Kier molecular flexibility index (Phi) is 4.82. The van der Waals surface area contributed by atoms with E-state index in [-0.39, 0.29) is 5.97 Å². The van der Waals surface area contributed by atoms with Gasteiger partial charge in [-0.3, -0.25) is 0 Å². The maximum atomic E-state index is 11.1. The van der Waals surface area contributed by atoms with Crippen LogP contribution >= 0.6 is 0 Å². The molecule has 0 saturated carbocycles. The van der Waals surface area contributed by atoms with Crippen LogP contribution in [0.4, 0.5) is 0 Å². The van der Waals surface area contributed by atoms with Gasteiger partial charge in [0.05, 0.1) is 7.11 Å². The smallest absolute Gasteiger partial charge is 0.330 e. The SMILES string of the molecule is COC(=O)/C=C1/CCCN(C(C)C)CC1. The third kappa shape index (κ3) is 4.04. The molecule has 1 saturated heterocycles. The van der Waals surface area contributed by atoms with Crippen molar-refractivity contribution in [1.29, 1.82) is 0 Å². The van der Waals surface area contributed by atoms with Crippen LogP contribution in [0, 0.1) is 0 Å². The Morgan fingerprint density at radius 1 is 1.40 bits per heavy atom. The van der Waals surface area contributed by atoms with E-state index >= 15 is 0 Å². The van der Waals surface area contributed by atoms with E-state index in [1.54, 1.807) is 6.08 Å². The molecule has 1 heterocycles. The molecule has 0 bridgehead atoms. The summed E-state index contributed by atoms with van der Waals surface area (Å²) in [5, 5.41) is 0. The average molecular weight is 211 g/mol. The molecule has 0 spiro atoms. The largest absolute Gasteiger partial charge is 0.466 e. The molecular formula is C12H21NO2. The molecule has 0 unspecified atom stereocenters. The van der Waals surface area contributed by atoms with Crippen molar-refractivity contribution in [2.75, 3.05) is 20.2 Å². The molecule has 0 radical (unpaired) electrons. The molecule has 0 amide bonds. The molecule has 15 heavy (non-hydrogen) atoms. The third-order valence-corrected chi connectivity index (χ3v) is 2.92. The molecule has 3 nitrogen and oxygen atoms in total. The lowest BCUT2D eigenvalue weighted by Crippen LogP contribution is -2.31. The first-order valence-corrected chi connectivity index (χ1v) is 5.65. The van der Waals surface area contributed by atoms with Crippen LogP contribution in [0.5, 0.6) is 0 Å². The lowest BCUT2D eigenvalue weighted by molar-refractivity contribution is -0.134. The molecule has 0 aromatic rings. The van der Waals surface area contributed by atoms with Crippen LogP contribution in [0.3, 0.4) is 0 Å². The van der Waals surface area contributed by atoms with Crippen molar-refractivity contribution >= 4 is 5.97 Å². The summed E-state index contributed by atoms with van der Waals surface area (Å²) in [5.41, 5.74) is 1.23. The fraction of sp³-hybridized carbons (Fsp3) is 0.750. The van der Waals surface area contributed by atoms with Crippen molar-refractivity contribution in [3.63, 3.8) is 0 Å². The Balaban J connectivity index is 2.52. The highest BCUT2D eigenvalue weighted by Crippen LogP contribution is 2.17. The van der Waals surface area contributed by atoms with Gasteiger partial charge >= 0.3 is 5.97 Å². The van der Waals surface area contributed by atoms with Gasteiger partial charge in [0, 0.05) is 18.7 Å². The van der Waals surface area contributed by atoms with Crippen molar-refractivity contribution in [2.45, 2.75) is 39.2 Å². The van der Waals surface area contributed by atoms with Crippen LogP contribution in [-0.4, -0.2) is 37.1 Å². The summed E-state index contributed by atoms with van der Waals surface area (Å²) >= 11 is 0. The predicted molar refractivity (Wildman–Crippen MR) is 60.7 cm³/mol. The zero-order valence-electron chi connectivity index (χ0n) is 9.95. The highest BCUT2D eigenvalue weighted by molar-refractivity contribution is 5.82. The van der Waals surface area contributed by atoms with Crippen molar-refractivity contribution in [2.24, 2.45) is 0 Å². The summed E-state index contributed by atoms with van der Waals surface area (Å²) in [6.45, 7) is 6.63. The van der Waals surface area contributed by atoms with Gasteiger partial charge in [0.1, 0.15) is 0 Å². The number of rotatable bonds is 2. The Labute approximate surface area is 92.1 Å². The summed E-state index contributed by atoms with van der Waals surface area (Å²) < 4.78 is 4.64. The summed E-state index contributed by atoms with van der Waals surface area (Å²) in [6.07, 6.45) is 4.82. The van der Waals surface area contributed by atoms with Crippen LogP contribution in [0.25, 0.3) is 0 Å². The van der Waals surface area contributed by atoms with Gasteiger partial charge in [-0.1, -0.05) is 5.57 Å². The molecule has 3 heteroatoms. The standard InChI is InChI=1S/C12H21NO2/c1-10(2)13-7-4-5-11(6-8-13)9-12(14)15-3/h9-10H,4-8H2,1-3H3/b11-9-. The average Bonchev–Trinajstić information content (AvgIpc) is 2.43. The lowest BCUT2D eigenvalue weighted by atomic mass is 10.1. The topological polar surface area (TPSA) is 29.5 Å². The third-order valence-electron chi connectivity index (χ3n) is 2.92. The van der Waals surface area contributed by atoms with E-state index in [9.17, 15) is 4.79 Å². The summed E-state index contributed by atoms with van der Waals surface area (Å²) in [4.78, 5) is 13.6. The second-order valence-electron chi connectivity index (χ2n) is 4.31. The van der Waals surface area contributed by atoms with Crippen LogP contribution in [-0.2, 0) is 9.53 Å². The fourth-order valence-corrected chi connectivity index (χ4v) is 1.92. The highest BCUT2D eigenvalue weighted by Gasteiger charge is 2.14. The molecule has 1 rings (SSSR count). The molecule has 0 aromatic carbocycles. The van der Waals surface area contributed by atoms with Crippen molar-refractivity contribution in [3.05, 3.63) is 11.6 Å². The minimum Gasteiger partial charge on any atom is -0.466 e. The number of carbonyl (C=O) groups is 1. The number of nitrogens with zero attached hydrogens (tertiary/aromatic N) is 1. The van der Waals surface area contributed by atoms with E-state index in [0.29, 0.717) is 6.04 Å². The normalized spacial score (nSPS) is 21.7. The maximum Gasteiger partial charge on any atom is 0.330 e. The number of hydrogen-bond acceptors (Lipinski definition) is 3. The molecule has 1 fully saturated rings. The monoisotopic (exact) mass is 211 g/mol. The van der Waals surface area contributed by atoms with Gasteiger partial charge in [-0.15, -0.1) is 0 Å². The fourth-order valence-electron chi connectivity index (χ4n) is 1.92. The summed E-state index contributed by atoms with van der Waals surface area (Å²) in [6, 6.07) is 0.600. The zero-order chi connectivity index (χ0) is 11.3. The van der Waals surface area contributed by atoms with Crippen LogP contribution < -0.4 is 0 Å². The summed E-state index contributed by atoms with van der Waals surface area (Å²) in [7, 11) is 1.43. The first-order chi connectivity index (χ1) is 7.13. The van der Waals surface area contributed by atoms with Crippen molar-refractivity contribution in [1.82, 2.24) is 4.90 Å². The molecule has 0 aromatic heterocycles. The Morgan fingerprint density at radius 3 is 2.73 bits per heavy atom. The van der Waals surface area contributed by atoms with Crippen LogP contribution in [0.2, 0.25) is 0 Å². The van der Waals surface area contributed by atoms with E-state index in [4.69, 9.17) is 0 Å². The lowest BCUT2D eigenvalue weighted by Gasteiger charge is -2.23. The van der Waals surface area contributed by atoms with Crippen molar-refractivity contribution in [3.8, 4) is 0 Å². The predicted octanol–water partition coefficient (Wildman–Crippen LogP) is 1.98. The Bertz CT molecular complexity index is 246. The first kappa shape index (κ1) is 12.2. The Hall–Kier alpha value is -0.830. The van der Waals surface area contributed by atoms with E-state index in [2.05, 4.69) is 23.5 Å². The zero-order valence-corrected chi connectivity index (χ0v) is 9.95. The van der Waals surface area contributed by atoms with E-state index in [1.165, 1.54) is 12.7 Å². The van der Waals surface area contributed by atoms with Gasteiger partial charge in [-0.25, -0.2) is 4.79 Å². The summed E-state index contributed by atoms with van der Waals surface area (Å²) in [5.74, 6) is -0.219. The van der Waals surface area contributed by atoms with Gasteiger partial charge in [0.15, 0.2) is 0 Å². The van der Waals surface area contributed by atoms with Gasteiger partial charge in [-0.2, -0.15) is 0 Å². The molecule has 1 aliphatic heterocycles. The number of carbonyl (C=O) groups excluding carboxylic acids is 1. The maximum absolute atomic E-state index is 11.1. The molecule has 0 atom stereocenters. The highest BCUT2D eigenvalue weighted by atomic mass is 16.5. The quantitative estimate of drug-likeness (QED) is 0.516. The first-order valence-electron chi connectivity index (χ1n) is 5.65. The second kappa shape index (κ2) is 5.91. The van der Waals surface area contributed by atoms with Gasteiger partial charge in [-0.05, 0) is 39.7 Å².